The third kappa shape index (κ3) is 3.52. The lowest BCUT2D eigenvalue weighted by Crippen LogP contribution is -2.14. The van der Waals surface area contributed by atoms with Crippen molar-refractivity contribution in [3.8, 4) is 0 Å². The minimum Gasteiger partial charge on any atom is -0.478 e. The van der Waals surface area contributed by atoms with Crippen LogP contribution in [0.3, 0.4) is 0 Å². The summed E-state index contributed by atoms with van der Waals surface area (Å²) in [7, 11) is -3.85. The van der Waals surface area contributed by atoms with Crippen LogP contribution in [0, 0.1) is 6.92 Å². The van der Waals surface area contributed by atoms with Crippen molar-refractivity contribution in [1.82, 2.24) is 0 Å². The number of hydrogen-bond acceptors (Lipinski definition) is 3. The van der Waals surface area contributed by atoms with E-state index in [1.807, 2.05) is 0 Å². The average molecular weight is 360 g/mol. The van der Waals surface area contributed by atoms with Crippen molar-refractivity contribution in [2.45, 2.75) is 11.8 Å². The fraction of sp³-hybridized carbons (Fsp3) is 0.0714. The minimum atomic E-state index is -3.85. The Bertz CT molecular complexity index is 850. The first kappa shape index (κ1) is 16.6. The number of hydrogen-bond donors (Lipinski definition) is 2. The van der Waals surface area contributed by atoms with E-state index in [-0.39, 0.29) is 26.2 Å². The van der Waals surface area contributed by atoms with E-state index in [4.69, 9.17) is 28.3 Å². The standard InChI is InChI=1S/C14H11Cl2NO4S/c1-8-6-9(14(18)19)2-5-13(8)17-22(20,21)10-3-4-11(15)12(16)7-10/h2-7,17H,1H3,(H,18,19). The number of sulfonamides is 1. The Labute approximate surface area is 137 Å². The van der Waals surface area contributed by atoms with E-state index in [9.17, 15) is 13.2 Å². The van der Waals surface area contributed by atoms with Crippen LogP contribution in [0.5, 0.6) is 0 Å². The monoisotopic (exact) mass is 359 g/mol. The largest absolute Gasteiger partial charge is 0.478 e. The fourth-order valence-corrected chi connectivity index (χ4v) is 3.28. The molecule has 0 saturated carbocycles. The number of carboxylic acids is 1. The van der Waals surface area contributed by atoms with Gasteiger partial charge in [-0.1, -0.05) is 23.2 Å². The highest BCUT2D eigenvalue weighted by atomic mass is 35.5. The molecule has 0 fully saturated rings. The van der Waals surface area contributed by atoms with Gasteiger partial charge in [0.15, 0.2) is 0 Å². The molecular weight excluding hydrogens is 349 g/mol. The topological polar surface area (TPSA) is 83.5 Å². The number of nitrogens with one attached hydrogen (secondary N) is 1. The van der Waals surface area contributed by atoms with Crippen molar-refractivity contribution in [3.63, 3.8) is 0 Å². The summed E-state index contributed by atoms with van der Waals surface area (Å²) in [6.45, 7) is 1.61. The van der Waals surface area contributed by atoms with E-state index >= 15 is 0 Å². The van der Waals surface area contributed by atoms with Crippen LogP contribution in [0.2, 0.25) is 10.0 Å². The Hall–Kier alpha value is -1.76. The van der Waals surface area contributed by atoms with Gasteiger partial charge in [-0.3, -0.25) is 4.72 Å². The number of benzene rings is 2. The maximum atomic E-state index is 12.3. The lowest BCUT2D eigenvalue weighted by molar-refractivity contribution is 0.0697. The first-order valence-electron chi connectivity index (χ1n) is 6.02. The highest BCUT2D eigenvalue weighted by Gasteiger charge is 2.17. The molecule has 0 spiro atoms. The van der Waals surface area contributed by atoms with Gasteiger partial charge in [-0.05, 0) is 48.9 Å². The summed E-state index contributed by atoms with van der Waals surface area (Å²) in [5.74, 6) is -1.08. The second-order valence-electron chi connectivity index (χ2n) is 4.52. The number of rotatable bonds is 4. The molecule has 8 heteroatoms. The molecule has 0 aromatic heterocycles. The summed E-state index contributed by atoms with van der Waals surface area (Å²) in [4.78, 5) is 10.8. The molecule has 0 atom stereocenters. The normalized spacial score (nSPS) is 11.2. The predicted molar refractivity (Wildman–Crippen MR) is 85.4 cm³/mol. The highest BCUT2D eigenvalue weighted by molar-refractivity contribution is 7.92. The lowest BCUT2D eigenvalue weighted by Gasteiger charge is -2.11. The zero-order valence-electron chi connectivity index (χ0n) is 11.3. The summed E-state index contributed by atoms with van der Waals surface area (Å²) in [6.07, 6.45) is 0. The Morgan fingerprint density at radius 3 is 2.32 bits per heavy atom. The molecule has 0 amide bonds. The second-order valence-corrected chi connectivity index (χ2v) is 7.01. The van der Waals surface area contributed by atoms with Gasteiger partial charge in [0.2, 0.25) is 0 Å². The SMILES string of the molecule is Cc1cc(C(=O)O)ccc1NS(=O)(=O)c1ccc(Cl)c(Cl)c1. The minimum absolute atomic E-state index is 0.0383. The molecule has 0 radical (unpaired) electrons. The van der Waals surface area contributed by atoms with Crippen LogP contribution in [0.25, 0.3) is 0 Å². The van der Waals surface area contributed by atoms with Crippen LogP contribution in [-0.4, -0.2) is 19.5 Å². The van der Waals surface area contributed by atoms with Gasteiger partial charge in [0.25, 0.3) is 10.0 Å². The van der Waals surface area contributed by atoms with Crippen LogP contribution in [-0.2, 0) is 10.0 Å². The molecule has 2 N–H and O–H groups in total. The Morgan fingerprint density at radius 1 is 1.09 bits per heavy atom. The zero-order valence-corrected chi connectivity index (χ0v) is 13.6. The summed E-state index contributed by atoms with van der Waals surface area (Å²) in [6, 6.07) is 8.06. The molecule has 2 aromatic carbocycles. The third-order valence-corrected chi connectivity index (χ3v) is 5.02. The number of aromatic carboxylic acids is 1. The van der Waals surface area contributed by atoms with E-state index in [1.165, 1.54) is 36.4 Å². The van der Waals surface area contributed by atoms with Gasteiger partial charge in [0, 0.05) is 0 Å². The molecule has 2 aromatic rings. The van der Waals surface area contributed by atoms with Crippen molar-refractivity contribution in [2.75, 3.05) is 4.72 Å². The van der Waals surface area contributed by atoms with Crippen molar-refractivity contribution in [1.29, 1.82) is 0 Å². The smallest absolute Gasteiger partial charge is 0.335 e. The van der Waals surface area contributed by atoms with Crippen LogP contribution < -0.4 is 4.72 Å². The fourth-order valence-electron chi connectivity index (χ4n) is 1.76. The number of halogens is 2. The first-order chi connectivity index (χ1) is 10.2. The van der Waals surface area contributed by atoms with Gasteiger partial charge in [-0.25, -0.2) is 13.2 Å². The molecule has 2 rings (SSSR count). The summed E-state index contributed by atoms with van der Waals surface area (Å²) in [5.41, 5.74) is 0.856. The molecule has 22 heavy (non-hydrogen) atoms. The molecule has 0 aliphatic heterocycles. The molecule has 0 heterocycles. The Kier molecular flexibility index (Phi) is 4.65. The summed E-state index contributed by atoms with van der Waals surface area (Å²) >= 11 is 11.6. The van der Waals surface area contributed by atoms with Crippen molar-refractivity contribution >= 4 is 44.9 Å². The maximum Gasteiger partial charge on any atom is 0.335 e. The zero-order chi connectivity index (χ0) is 16.5. The molecule has 0 aliphatic carbocycles. The van der Waals surface area contributed by atoms with E-state index in [2.05, 4.69) is 4.72 Å². The number of carbonyl (C=O) groups is 1. The molecular formula is C14H11Cl2NO4S. The molecule has 5 nitrogen and oxygen atoms in total. The van der Waals surface area contributed by atoms with Crippen molar-refractivity contribution < 1.29 is 18.3 Å². The van der Waals surface area contributed by atoms with Crippen LogP contribution in [0.15, 0.2) is 41.3 Å². The Morgan fingerprint density at radius 2 is 1.77 bits per heavy atom. The quantitative estimate of drug-likeness (QED) is 0.869. The van der Waals surface area contributed by atoms with Gasteiger partial charge in [0.1, 0.15) is 0 Å². The summed E-state index contributed by atoms with van der Waals surface area (Å²) < 4.78 is 27.0. The number of anilines is 1. The highest BCUT2D eigenvalue weighted by Crippen LogP contribution is 2.27. The molecule has 0 aliphatic rings. The Balaban J connectivity index is 2.36. The van der Waals surface area contributed by atoms with Gasteiger partial charge < -0.3 is 5.11 Å². The molecule has 0 bridgehead atoms. The maximum absolute atomic E-state index is 12.3. The van der Waals surface area contributed by atoms with E-state index in [0.717, 1.165) is 0 Å². The first-order valence-corrected chi connectivity index (χ1v) is 8.26. The van der Waals surface area contributed by atoms with Gasteiger partial charge in [-0.15, -0.1) is 0 Å². The number of aryl methyl sites for hydroxylation is 1. The molecule has 0 saturated heterocycles. The van der Waals surface area contributed by atoms with Crippen LogP contribution >= 0.6 is 23.2 Å². The number of carboxylic acid groups (broad SMARTS) is 1. The van der Waals surface area contributed by atoms with Crippen LogP contribution in [0.1, 0.15) is 15.9 Å². The predicted octanol–water partition coefficient (Wildman–Crippen LogP) is 3.80. The summed E-state index contributed by atoms with van der Waals surface area (Å²) in [5, 5.41) is 9.28. The van der Waals surface area contributed by atoms with Crippen LogP contribution in [0.4, 0.5) is 5.69 Å². The van der Waals surface area contributed by atoms with Gasteiger partial charge >= 0.3 is 5.97 Å². The van der Waals surface area contributed by atoms with E-state index in [0.29, 0.717) is 5.56 Å². The van der Waals surface area contributed by atoms with Crippen molar-refractivity contribution in [2.24, 2.45) is 0 Å². The average Bonchev–Trinajstić information content (AvgIpc) is 2.43. The molecule has 0 unspecified atom stereocenters. The molecule has 116 valence electrons. The second kappa shape index (κ2) is 6.16. The third-order valence-electron chi connectivity index (χ3n) is 2.92. The lowest BCUT2D eigenvalue weighted by atomic mass is 10.1. The van der Waals surface area contributed by atoms with E-state index < -0.39 is 16.0 Å². The van der Waals surface area contributed by atoms with Crippen molar-refractivity contribution in [3.05, 3.63) is 57.6 Å². The van der Waals surface area contributed by atoms with Gasteiger partial charge in [0.05, 0.1) is 26.2 Å². The van der Waals surface area contributed by atoms with E-state index in [1.54, 1.807) is 6.92 Å². The van der Waals surface area contributed by atoms with Gasteiger partial charge in [-0.2, -0.15) is 0 Å².